The van der Waals surface area contributed by atoms with Gasteiger partial charge >= 0.3 is 0 Å². The van der Waals surface area contributed by atoms with Crippen molar-refractivity contribution in [2.45, 2.75) is 33.4 Å². The highest BCUT2D eigenvalue weighted by atomic mass is 32.2. The highest BCUT2D eigenvalue weighted by molar-refractivity contribution is 8.45. The van der Waals surface area contributed by atoms with E-state index in [0.29, 0.717) is 5.17 Å². The van der Waals surface area contributed by atoms with Crippen molar-refractivity contribution in [1.29, 1.82) is 5.41 Å². The van der Waals surface area contributed by atoms with Crippen LogP contribution in [0, 0.1) is 33.1 Å². The van der Waals surface area contributed by atoms with Crippen LogP contribution < -0.4 is 0 Å². The van der Waals surface area contributed by atoms with Crippen LogP contribution in [0.3, 0.4) is 0 Å². The fraction of sp³-hybridized carbons (Fsp3) is 0.185. The molecule has 1 amide bonds. The minimum Gasteiger partial charge on any atom is -0.318 e. The third kappa shape index (κ3) is 4.63. The van der Waals surface area contributed by atoms with Crippen LogP contribution in [0.25, 0.3) is 11.8 Å². The van der Waals surface area contributed by atoms with Gasteiger partial charge in [0.25, 0.3) is 5.91 Å². The smallest absolute Gasteiger partial charge is 0.283 e. The molecule has 0 spiro atoms. The molecule has 2 aromatic carbocycles. The molecule has 8 heteroatoms. The molecule has 3 heterocycles. The Balaban J connectivity index is 1.42. The number of hydrogen-bond donors (Lipinski definition) is 1. The van der Waals surface area contributed by atoms with Crippen LogP contribution in [0.15, 0.2) is 70.3 Å². The minimum atomic E-state index is -0.408. The van der Waals surface area contributed by atoms with Gasteiger partial charge in [-0.3, -0.25) is 10.2 Å². The van der Waals surface area contributed by atoms with Gasteiger partial charge in [-0.05, 0) is 86.0 Å². The fourth-order valence-electron chi connectivity index (χ4n) is 4.32. The Labute approximate surface area is 213 Å². The molecule has 1 N–H and O–H groups in total. The zero-order valence-electron chi connectivity index (χ0n) is 20.0. The second-order valence-electron chi connectivity index (χ2n) is 8.67. The molecule has 3 aromatic rings. The summed E-state index contributed by atoms with van der Waals surface area (Å²) in [6, 6.07) is 18.6. The van der Waals surface area contributed by atoms with Crippen molar-refractivity contribution in [3.05, 3.63) is 93.8 Å². The van der Waals surface area contributed by atoms with E-state index in [0.717, 1.165) is 32.8 Å². The SMILES string of the molecule is Cc1cc(C)cc(-n2c(C)cc(/C=C3\C(=N)N4N=C(SCc5ccccc5)SC4=NC3=O)c2C)c1. The number of amidine groups is 2. The summed E-state index contributed by atoms with van der Waals surface area (Å²) in [5, 5.41) is 15.2. The zero-order valence-corrected chi connectivity index (χ0v) is 21.6. The molecule has 176 valence electrons. The lowest BCUT2D eigenvalue weighted by Gasteiger charge is -2.20. The maximum Gasteiger partial charge on any atom is 0.283 e. The van der Waals surface area contributed by atoms with Gasteiger partial charge in [0.1, 0.15) is 0 Å². The van der Waals surface area contributed by atoms with Crippen molar-refractivity contribution in [3.8, 4) is 5.69 Å². The highest BCUT2D eigenvalue weighted by Gasteiger charge is 2.36. The number of carbonyl (C=O) groups excluding carboxylic acids is 1. The van der Waals surface area contributed by atoms with Crippen LogP contribution in [-0.4, -0.2) is 30.9 Å². The Kier molecular flexibility index (Phi) is 6.25. The Morgan fingerprint density at radius 2 is 1.74 bits per heavy atom. The Bertz CT molecular complexity index is 1430. The summed E-state index contributed by atoms with van der Waals surface area (Å²) in [5.41, 5.74) is 7.89. The van der Waals surface area contributed by atoms with E-state index in [1.807, 2.05) is 31.2 Å². The van der Waals surface area contributed by atoms with Crippen LogP contribution in [-0.2, 0) is 10.5 Å². The number of carbonyl (C=O) groups is 1. The Morgan fingerprint density at radius 3 is 2.46 bits per heavy atom. The monoisotopic (exact) mass is 499 g/mol. The van der Waals surface area contributed by atoms with E-state index >= 15 is 0 Å². The quantitative estimate of drug-likeness (QED) is 0.433. The first-order chi connectivity index (χ1) is 16.8. The third-order valence-electron chi connectivity index (χ3n) is 5.88. The molecule has 1 aromatic heterocycles. The van der Waals surface area contributed by atoms with Gasteiger partial charge in [0, 0.05) is 22.8 Å². The molecule has 0 saturated heterocycles. The standard InChI is InChI=1S/C27H25N5OS2/c1-16-10-17(2)12-22(11-16)31-18(3)13-21(19(31)4)14-23-24(28)32-26(29-25(23)33)35-27(30-32)34-15-20-8-6-5-7-9-20/h5-14,28H,15H2,1-4H3/b23-14+,28-24?. The Morgan fingerprint density at radius 1 is 1.03 bits per heavy atom. The summed E-state index contributed by atoms with van der Waals surface area (Å²) in [5.74, 6) is 0.413. The number of aromatic nitrogens is 1. The van der Waals surface area contributed by atoms with Gasteiger partial charge in [-0.2, -0.15) is 10.0 Å². The summed E-state index contributed by atoms with van der Waals surface area (Å²) in [6.45, 7) is 8.26. The second kappa shape index (κ2) is 9.36. The van der Waals surface area contributed by atoms with Gasteiger partial charge in [-0.25, -0.2) is 0 Å². The van der Waals surface area contributed by atoms with E-state index in [9.17, 15) is 4.79 Å². The van der Waals surface area contributed by atoms with Gasteiger partial charge in [0.05, 0.1) is 5.57 Å². The van der Waals surface area contributed by atoms with E-state index in [-0.39, 0.29) is 11.4 Å². The van der Waals surface area contributed by atoms with Crippen LogP contribution in [0.5, 0.6) is 0 Å². The van der Waals surface area contributed by atoms with Crippen LogP contribution in [0.4, 0.5) is 0 Å². The number of hydrazone groups is 1. The first-order valence-corrected chi connectivity index (χ1v) is 13.0. The van der Waals surface area contributed by atoms with Crippen molar-refractivity contribution >= 4 is 50.9 Å². The molecule has 5 rings (SSSR count). The number of aryl methyl sites for hydroxylation is 3. The predicted octanol–water partition coefficient (Wildman–Crippen LogP) is 6.22. The third-order valence-corrected chi connectivity index (χ3v) is 7.99. The zero-order chi connectivity index (χ0) is 24.7. The number of thioether (sulfide) groups is 2. The first kappa shape index (κ1) is 23.4. The number of nitrogens with one attached hydrogen (secondary N) is 1. The molecule has 0 fully saturated rings. The molecular weight excluding hydrogens is 474 g/mol. The van der Waals surface area contributed by atoms with E-state index in [1.165, 1.54) is 33.5 Å². The average Bonchev–Trinajstić information content (AvgIpc) is 3.35. The largest absolute Gasteiger partial charge is 0.318 e. The predicted molar refractivity (Wildman–Crippen MR) is 147 cm³/mol. The lowest BCUT2D eigenvalue weighted by molar-refractivity contribution is -0.114. The van der Waals surface area contributed by atoms with E-state index in [2.05, 4.69) is 65.8 Å². The number of rotatable bonds is 4. The fourth-order valence-corrected chi connectivity index (χ4v) is 6.20. The van der Waals surface area contributed by atoms with Crippen LogP contribution in [0.1, 0.15) is 33.6 Å². The van der Waals surface area contributed by atoms with Crippen molar-refractivity contribution in [2.24, 2.45) is 10.1 Å². The average molecular weight is 500 g/mol. The van der Waals surface area contributed by atoms with Crippen LogP contribution in [0.2, 0.25) is 0 Å². The number of benzene rings is 2. The molecular formula is C27H25N5OS2. The lowest BCUT2D eigenvalue weighted by atomic mass is 10.1. The van der Waals surface area contributed by atoms with Crippen molar-refractivity contribution in [3.63, 3.8) is 0 Å². The van der Waals surface area contributed by atoms with Gasteiger partial charge in [-0.15, -0.1) is 5.10 Å². The maximum atomic E-state index is 12.9. The van der Waals surface area contributed by atoms with Crippen molar-refractivity contribution in [1.82, 2.24) is 9.58 Å². The van der Waals surface area contributed by atoms with Gasteiger partial charge in [0.15, 0.2) is 10.2 Å². The molecule has 0 bridgehead atoms. The van der Waals surface area contributed by atoms with Crippen molar-refractivity contribution < 1.29 is 4.79 Å². The summed E-state index contributed by atoms with van der Waals surface area (Å²) >= 11 is 2.91. The normalized spacial score (nSPS) is 16.6. The number of aliphatic imine (C=N–C) groups is 1. The number of nitrogens with zero attached hydrogens (tertiary/aromatic N) is 4. The van der Waals surface area contributed by atoms with Gasteiger partial charge in [-0.1, -0.05) is 48.2 Å². The molecule has 0 unspecified atom stereocenters. The lowest BCUT2D eigenvalue weighted by Crippen LogP contribution is -2.35. The second-order valence-corrected chi connectivity index (χ2v) is 10.8. The molecule has 35 heavy (non-hydrogen) atoms. The highest BCUT2D eigenvalue weighted by Crippen LogP contribution is 2.34. The summed E-state index contributed by atoms with van der Waals surface area (Å²) in [6.07, 6.45) is 1.77. The minimum absolute atomic E-state index is 0.0546. The first-order valence-electron chi connectivity index (χ1n) is 11.2. The van der Waals surface area contributed by atoms with Crippen LogP contribution >= 0.6 is 23.5 Å². The molecule has 0 saturated carbocycles. The number of amides is 1. The van der Waals surface area contributed by atoms with Gasteiger partial charge in [0.2, 0.25) is 5.17 Å². The number of hydrogen-bond acceptors (Lipinski definition) is 5. The molecule has 2 aliphatic heterocycles. The van der Waals surface area contributed by atoms with E-state index in [4.69, 9.17) is 5.41 Å². The molecule has 2 aliphatic rings. The summed E-state index contributed by atoms with van der Waals surface area (Å²) in [4.78, 5) is 17.1. The molecule has 6 nitrogen and oxygen atoms in total. The molecule has 0 radical (unpaired) electrons. The summed E-state index contributed by atoms with van der Waals surface area (Å²) < 4.78 is 2.96. The topological polar surface area (TPSA) is 73.8 Å². The summed E-state index contributed by atoms with van der Waals surface area (Å²) in [7, 11) is 0. The number of fused-ring (bicyclic) bond motifs is 1. The molecule has 0 aliphatic carbocycles. The molecule has 0 atom stereocenters. The Hall–Kier alpha value is -3.36. The van der Waals surface area contributed by atoms with E-state index in [1.54, 1.807) is 17.8 Å². The van der Waals surface area contributed by atoms with E-state index < -0.39 is 5.91 Å². The van der Waals surface area contributed by atoms with Crippen molar-refractivity contribution in [2.75, 3.05) is 0 Å². The maximum absolute atomic E-state index is 12.9. The van der Waals surface area contributed by atoms with Gasteiger partial charge < -0.3 is 4.57 Å².